The Morgan fingerprint density at radius 3 is 2.00 bits per heavy atom. The van der Waals surface area contributed by atoms with Crippen molar-refractivity contribution < 1.29 is 13.6 Å². The summed E-state index contributed by atoms with van der Waals surface area (Å²) < 4.78 is 28.6. The van der Waals surface area contributed by atoms with Crippen molar-refractivity contribution in [3.8, 4) is 0 Å². The van der Waals surface area contributed by atoms with Crippen molar-refractivity contribution in [2.75, 3.05) is 0 Å². The number of halogens is 2. The predicted octanol–water partition coefficient (Wildman–Crippen LogP) is 2.61. The summed E-state index contributed by atoms with van der Waals surface area (Å²) in [6, 6.07) is 0. The number of nitrogens with one attached hydrogen (secondary N) is 1. The van der Waals surface area contributed by atoms with Crippen molar-refractivity contribution in [3.63, 3.8) is 0 Å². The summed E-state index contributed by atoms with van der Waals surface area (Å²) in [7, 11) is 0. The summed E-state index contributed by atoms with van der Waals surface area (Å²) in [6.45, 7) is 0. The van der Waals surface area contributed by atoms with E-state index in [-0.39, 0.29) is 11.8 Å². The molecule has 2 aliphatic carbocycles. The van der Waals surface area contributed by atoms with Gasteiger partial charge in [-0.3, -0.25) is 10.2 Å². The zero-order chi connectivity index (χ0) is 13.2. The second kappa shape index (κ2) is 5.51. The average molecular weight is 260 g/mol. The zero-order valence-electron chi connectivity index (χ0n) is 10.6. The van der Waals surface area contributed by atoms with Crippen molar-refractivity contribution in [3.05, 3.63) is 0 Å². The van der Waals surface area contributed by atoms with E-state index in [4.69, 9.17) is 5.84 Å². The first kappa shape index (κ1) is 13.7. The fraction of sp³-hybridized carbons (Fsp3) is 0.923. The number of hydrazine groups is 1. The first-order valence-electron chi connectivity index (χ1n) is 6.94. The van der Waals surface area contributed by atoms with Gasteiger partial charge in [0, 0.05) is 17.8 Å². The molecule has 18 heavy (non-hydrogen) atoms. The van der Waals surface area contributed by atoms with Crippen LogP contribution in [0.25, 0.3) is 0 Å². The van der Waals surface area contributed by atoms with E-state index in [0.717, 1.165) is 12.8 Å². The lowest BCUT2D eigenvalue weighted by atomic mass is 9.75. The van der Waals surface area contributed by atoms with Gasteiger partial charge in [0.15, 0.2) is 0 Å². The fourth-order valence-corrected chi connectivity index (χ4v) is 3.50. The van der Waals surface area contributed by atoms with Gasteiger partial charge in [0.25, 0.3) is 5.92 Å². The van der Waals surface area contributed by atoms with Gasteiger partial charge < -0.3 is 0 Å². The molecule has 2 fully saturated rings. The quantitative estimate of drug-likeness (QED) is 0.465. The molecule has 0 aliphatic heterocycles. The van der Waals surface area contributed by atoms with E-state index in [9.17, 15) is 13.6 Å². The summed E-state index contributed by atoms with van der Waals surface area (Å²) in [5, 5.41) is 0. The number of alkyl halides is 2. The van der Waals surface area contributed by atoms with Gasteiger partial charge in [0.1, 0.15) is 0 Å². The molecule has 0 spiro atoms. The third kappa shape index (κ3) is 2.66. The standard InChI is InChI=1S/C13H22F2N2O/c14-13(15,10-3-1-2-4-10)11-7-5-9(6-8-11)12(18)17-16/h9-11H,1-8,16H2,(H,17,18). The number of nitrogens with two attached hydrogens (primary N) is 1. The molecule has 0 bridgehead atoms. The Morgan fingerprint density at radius 2 is 1.50 bits per heavy atom. The minimum atomic E-state index is -2.54. The van der Waals surface area contributed by atoms with Crippen LogP contribution < -0.4 is 11.3 Å². The van der Waals surface area contributed by atoms with Crippen LogP contribution in [0.3, 0.4) is 0 Å². The van der Waals surface area contributed by atoms with Gasteiger partial charge in [-0.05, 0) is 38.5 Å². The third-order valence-electron chi connectivity index (χ3n) is 4.68. The molecular weight excluding hydrogens is 238 g/mol. The van der Waals surface area contributed by atoms with E-state index in [2.05, 4.69) is 5.43 Å². The van der Waals surface area contributed by atoms with Crippen molar-refractivity contribution in [1.29, 1.82) is 0 Å². The van der Waals surface area contributed by atoms with Crippen LogP contribution >= 0.6 is 0 Å². The Morgan fingerprint density at radius 1 is 1.00 bits per heavy atom. The predicted molar refractivity (Wildman–Crippen MR) is 64.7 cm³/mol. The van der Waals surface area contributed by atoms with E-state index in [1.54, 1.807) is 0 Å². The van der Waals surface area contributed by atoms with E-state index >= 15 is 0 Å². The molecule has 0 aromatic carbocycles. The highest BCUT2D eigenvalue weighted by molar-refractivity contribution is 5.77. The number of amides is 1. The van der Waals surface area contributed by atoms with Gasteiger partial charge in [0.2, 0.25) is 5.91 Å². The zero-order valence-corrected chi connectivity index (χ0v) is 10.6. The Labute approximate surface area is 106 Å². The second-order valence-corrected chi connectivity index (χ2v) is 5.71. The van der Waals surface area contributed by atoms with Gasteiger partial charge in [0.05, 0.1) is 0 Å². The van der Waals surface area contributed by atoms with E-state index in [0.29, 0.717) is 38.5 Å². The fourth-order valence-electron chi connectivity index (χ4n) is 3.50. The number of hydrogen-bond donors (Lipinski definition) is 2. The van der Waals surface area contributed by atoms with Crippen LogP contribution in [0, 0.1) is 17.8 Å². The Hall–Kier alpha value is -0.710. The SMILES string of the molecule is NNC(=O)C1CCC(C(F)(F)C2CCCC2)CC1. The minimum absolute atomic E-state index is 0.175. The summed E-state index contributed by atoms with van der Waals surface area (Å²) in [5.74, 6) is 1.18. The molecule has 3 N–H and O–H groups in total. The Kier molecular flexibility index (Phi) is 4.20. The topological polar surface area (TPSA) is 55.1 Å². The molecule has 5 heteroatoms. The smallest absolute Gasteiger partial charge is 0.253 e. The summed E-state index contributed by atoms with van der Waals surface area (Å²) >= 11 is 0. The number of carbonyl (C=O) groups excluding carboxylic acids is 1. The molecule has 0 aromatic heterocycles. The molecule has 0 radical (unpaired) electrons. The monoisotopic (exact) mass is 260 g/mol. The molecule has 2 aliphatic rings. The maximum absolute atomic E-state index is 14.3. The first-order valence-corrected chi connectivity index (χ1v) is 6.94. The minimum Gasteiger partial charge on any atom is -0.294 e. The van der Waals surface area contributed by atoms with Gasteiger partial charge in [-0.2, -0.15) is 0 Å². The second-order valence-electron chi connectivity index (χ2n) is 5.71. The maximum atomic E-state index is 14.3. The van der Waals surface area contributed by atoms with Crippen molar-refractivity contribution in [2.24, 2.45) is 23.6 Å². The summed E-state index contributed by atoms with van der Waals surface area (Å²) in [6.07, 6.45) is 5.16. The van der Waals surface area contributed by atoms with Crippen LogP contribution in [0.5, 0.6) is 0 Å². The molecule has 1 amide bonds. The van der Waals surface area contributed by atoms with Crippen LogP contribution in [0.4, 0.5) is 8.78 Å². The molecule has 104 valence electrons. The highest BCUT2D eigenvalue weighted by atomic mass is 19.3. The van der Waals surface area contributed by atoms with Crippen LogP contribution in [-0.4, -0.2) is 11.8 Å². The largest absolute Gasteiger partial charge is 0.294 e. The van der Waals surface area contributed by atoms with Gasteiger partial charge in [-0.25, -0.2) is 14.6 Å². The molecule has 2 saturated carbocycles. The molecule has 0 saturated heterocycles. The number of hydrogen-bond acceptors (Lipinski definition) is 2. The lowest BCUT2D eigenvalue weighted by Gasteiger charge is -2.36. The lowest BCUT2D eigenvalue weighted by Crippen LogP contribution is -2.42. The molecular formula is C13H22F2N2O. The van der Waals surface area contributed by atoms with Crippen LogP contribution in [0.1, 0.15) is 51.4 Å². The van der Waals surface area contributed by atoms with E-state index in [1.807, 2.05) is 0 Å². The normalized spacial score (nSPS) is 30.4. The maximum Gasteiger partial charge on any atom is 0.253 e. The average Bonchev–Trinajstić information content (AvgIpc) is 2.92. The molecule has 3 nitrogen and oxygen atoms in total. The lowest BCUT2D eigenvalue weighted by molar-refractivity contribution is -0.134. The highest BCUT2D eigenvalue weighted by Crippen LogP contribution is 2.47. The molecule has 2 rings (SSSR count). The Bertz CT molecular complexity index is 295. The van der Waals surface area contributed by atoms with Crippen molar-refractivity contribution in [1.82, 2.24) is 5.43 Å². The summed E-state index contributed by atoms with van der Waals surface area (Å²) in [5.41, 5.74) is 2.12. The van der Waals surface area contributed by atoms with Gasteiger partial charge in [-0.15, -0.1) is 0 Å². The van der Waals surface area contributed by atoms with Crippen LogP contribution in [0.15, 0.2) is 0 Å². The molecule has 0 heterocycles. The Balaban J connectivity index is 1.90. The van der Waals surface area contributed by atoms with Crippen LogP contribution in [0.2, 0.25) is 0 Å². The highest BCUT2D eigenvalue weighted by Gasteiger charge is 2.48. The third-order valence-corrected chi connectivity index (χ3v) is 4.68. The van der Waals surface area contributed by atoms with E-state index in [1.165, 1.54) is 0 Å². The summed E-state index contributed by atoms with van der Waals surface area (Å²) in [4.78, 5) is 11.4. The first-order chi connectivity index (χ1) is 8.55. The van der Waals surface area contributed by atoms with Crippen molar-refractivity contribution >= 4 is 5.91 Å². The van der Waals surface area contributed by atoms with Crippen molar-refractivity contribution in [2.45, 2.75) is 57.3 Å². The number of carbonyl (C=O) groups is 1. The van der Waals surface area contributed by atoms with Crippen LogP contribution in [-0.2, 0) is 4.79 Å². The van der Waals surface area contributed by atoms with Gasteiger partial charge in [-0.1, -0.05) is 12.8 Å². The van der Waals surface area contributed by atoms with E-state index < -0.39 is 17.8 Å². The number of rotatable bonds is 3. The van der Waals surface area contributed by atoms with Gasteiger partial charge >= 0.3 is 0 Å². The molecule has 0 aromatic rings. The molecule has 0 atom stereocenters. The molecule has 0 unspecified atom stereocenters.